The van der Waals surface area contributed by atoms with E-state index in [1.54, 1.807) is 24.1 Å². The van der Waals surface area contributed by atoms with E-state index in [-0.39, 0.29) is 5.91 Å². The standard InChI is InChI=1S/C30H27N5O2S2/c1-4-32-23-15-14-21(17-31)16-24(23)33-30-35(18-20-10-6-5-7-11-20)28(36)27(39-30)29-34(2)25(19-38-29)22-12-8-9-13-26(22)37-3/h5-16,19,32H,4,18H2,1-3H3/b29-27-,33-30?. The summed E-state index contributed by atoms with van der Waals surface area (Å²) in [6, 6.07) is 25.3. The fourth-order valence-electron chi connectivity index (χ4n) is 4.35. The number of amides is 1. The highest BCUT2D eigenvalue weighted by atomic mass is 32.2. The quantitative estimate of drug-likeness (QED) is 0.330. The molecule has 3 aromatic rings. The summed E-state index contributed by atoms with van der Waals surface area (Å²) in [7, 11) is 3.62. The van der Waals surface area contributed by atoms with Gasteiger partial charge in [0.25, 0.3) is 5.91 Å². The number of nitrogens with one attached hydrogen (secondary N) is 1. The van der Waals surface area contributed by atoms with Crippen LogP contribution in [-0.4, -0.2) is 41.6 Å². The lowest BCUT2D eigenvalue weighted by molar-refractivity contribution is -0.122. The van der Waals surface area contributed by atoms with Crippen molar-refractivity contribution in [3.63, 3.8) is 0 Å². The molecule has 1 fully saturated rings. The smallest absolute Gasteiger partial charge is 0.269 e. The fourth-order valence-corrected chi connectivity index (χ4v) is 6.58. The lowest BCUT2D eigenvalue weighted by Gasteiger charge is -2.20. The average molecular weight is 554 g/mol. The number of anilines is 1. The number of thioether (sulfide) groups is 2. The summed E-state index contributed by atoms with van der Waals surface area (Å²) in [6.07, 6.45) is 0. The van der Waals surface area contributed by atoms with Crippen molar-refractivity contribution < 1.29 is 9.53 Å². The maximum Gasteiger partial charge on any atom is 0.269 e. The van der Waals surface area contributed by atoms with Crippen LogP contribution in [0.5, 0.6) is 5.75 Å². The highest BCUT2D eigenvalue weighted by Gasteiger charge is 2.39. The molecule has 1 N–H and O–H groups in total. The normalized spacial score (nSPS) is 17.9. The van der Waals surface area contributed by atoms with E-state index in [4.69, 9.17) is 9.73 Å². The molecular weight excluding hydrogens is 526 g/mol. The number of amidine groups is 1. The zero-order valence-electron chi connectivity index (χ0n) is 21.8. The van der Waals surface area contributed by atoms with E-state index in [9.17, 15) is 10.1 Å². The second kappa shape index (κ2) is 11.7. The Morgan fingerprint density at radius 2 is 1.85 bits per heavy atom. The molecule has 7 nitrogen and oxygen atoms in total. The van der Waals surface area contributed by atoms with E-state index in [1.165, 1.54) is 23.5 Å². The minimum Gasteiger partial charge on any atom is -0.496 e. The van der Waals surface area contributed by atoms with Gasteiger partial charge in [-0.25, -0.2) is 4.99 Å². The van der Waals surface area contributed by atoms with Crippen molar-refractivity contribution >= 4 is 51.7 Å². The van der Waals surface area contributed by atoms with Crippen LogP contribution in [0.1, 0.15) is 23.6 Å². The highest BCUT2D eigenvalue weighted by Crippen LogP contribution is 2.47. The maximum absolute atomic E-state index is 14.0. The average Bonchev–Trinajstić information content (AvgIpc) is 3.49. The lowest BCUT2D eigenvalue weighted by Crippen LogP contribution is -2.29. The monoisotopic (exact) mass is 553 g/mol. The molecule has 0 spiro atoms. The van der Waals surface area contributed by atoms with E-state index in [1.807, 2.05) is 84.9 Å². The number of hydrogen-bond donors (Lipinski definition) is 1. The van der Waals surface area contributed by atoms with Gasteiger partial charge in [-0.15, -0.1) is 0 Å². The first-order valence-corrected chi connectivity index (χ1v) is 14.1. The van der Waals surface area contributed by atoms with Gasteiger partial charge in [-0.2, -0.15) is 5.26 Å². The molecule has 39 heavy (non-hydrogen) atoms. The number of rotatable bonds is 7. The molecule has 0 unspecified atom stereocenters. The van der Waals surface area contributed by atoms with Crippen molar-refractivity contribution in [3.8, 4) is 11.8 Å². The van der Waals surface area contributed by atoms with E-state index in [0.29, 0.717) is 34.4 Å². The van der Waals surface area contributed by atoms with Crippen LogP contribution < -0.4 is 10.1 Å². The molecule has 3 aromatic carbocycles. The molecule has 9 heteroatoms. The molecular formula is C30H27N5O2S2. The first kappa shape index (κ1) is 26.5. The molecule has 196 valence electrons. The topological polar surface area (TPSA) is 81.0 Å². The first-order valence-electron chi connectivity index (χ1n) is 12.4. The molecule has 0 bridgehead atoms. The zero-order valence-corrected chi connectivity index (χ0v) is 23.5. The largest absolute Gasteiger partial charge is 0.496 e. The van der Waals surface area contributed by atoms with Crippen LogP contribution in [0, 0.1) is 11.3 Å². The van der Waals surface area contributed by atoms with Gasteiger partial charge >= 0.3 is 0 Å². The molecule has 2 aliphatic heterocycles. The second-order valence-electron chi connectivity index (χ2n) is 8.76. The third-order valence-corrected chi connectivity index (χ3v) is 8.52. The fraction of sp³-hybridized carbons (Fsp3) is 0.167. The molecule has 0 atom stereocenters. The number of benzene rings is 3. The number of carbonyl (C=O) groups is 1. The highest BCUT2D eigenvalue weighted by molar-refractivity contribution is 8.19. The Kier molecular flexibility index (Phi) is 7.96. The van der Waals surface area contributed by atoms with Gasteiger partial charge in [0, 0.05) is 24.6 Å². The Morgan fingerprint density at radius 1 is 1.08 bits per heavy atom. The third-order valence-electron chi connectivity index (χ3n) is 6.28. The minimum atomic E-state index is -0.104. The van der Waals surface area contributed by atoms with Crippen LogP contribution in [-0.2, 0) is 11.3 Å². The predicted octanol–water partition coefficient (Wildman–Crippen LogP) is 6.61. The van der Waals surface area contributed by atoms with Crippen molar-refractivity contribution in [1.82, 2.24) is 9.80 Å². The summed E-state index contributed by atoms with van der Waals surface area (Å²) in [5.74, 6) is 0.669. The SMILES string of the molecule is CCNc1ccc(C#N)cc1N=C1S/C(=C2\SC=C(c3ccccc3OC)N2C)C(=O)N1Cc1ccccc1. The van der Waals surface area contributed by atoms with Gasteiger partial charge in [0.05, 0.1) is 47.4 Å². The van der Waals surface area contributed by atoms with E-state index in [0.717, 1.165) is 33.3 Å². The summed E-state index contributed by atoms with van der Waals surface area (Å²) in [5.41, 5.74) is 4.86. The molecule has 0 saturated carbocycles. The Labute approximate surface area is 236 Å². The number of nitriles is 1. The summed E-state index contributed by atoms with van der Waals surface area (Å²) in [5, 5.41) is 16.3. The molecule has 2 aliphatic rings. The molecule has 0 aliphatic carbocycles. The number of methoxy groups -OCH3 is 1. The van der Waals surface area contributed by atoms with Gasteiger partial charge in [-0.05, 0) is 54.6 Å². The van der Waals surface area contributed by atoms with Gasteiger partial charge in [0.15, 0.2) is 5.17 Å². The maximum atomic E-state index is 14.0. The summed E-state index contributed by atoms with van der Waals surface area (Å²) in [4.78, 5) is 23.3. The van der Waals surface area contributed by atoms with Crippen molar-refractivity contribution in [2.45, 2.75) is 13.5 Å². The number of para-hydroxylation sites is 1. The summed E-state index contributed by atoms with van der Waals surface area (Å²) in [6.45, 7) is 3.10. The van der Waals surface area contributed by atoms with Crippen LogP contribution in [0.25, 0.3) is 5.70 Å². The number of hydrogen-bond acceptors (Lipinski definition) is 8. The van der Waals surface area contributed by atoms with Crippen LogP contribution in [0.3, 0.4) is 0 Å². The van der Waals surface area contributed by atoms with Crippen molar-refractivity contribution in [1.29, 1.82) is 5.26 Å². The van der Waals surface area contributed by atoms with Crippen LogP contribution in [0.15, 0.2) is 93.1 Å². The number of aliphatic imine (C=N–C) groups is 1. The van der Waals surface area contributed by atoms with E-state index in [2.05, 4.69) is 11.4 Å². The van der Waals surface area contributed by atoms with Gasteiger partial charge in [0.1, 0.15) is 10.7 Å². The van der Waals surface area contributed by atoms with Gasteiger partial charge in [-0.3, -0.25) is 9.69 Å². The molecule has 1 amide bonds. The number of ether oxygens (including phenoxy) is 1. The van der Waals surface area contributed by atoms with Gasteiger partial charge < -0.3 is 15.0 Å². The molecule has 1 saturated heterocycles. The third kappa shape index (κ3) is 5.39. The minimum absolute atomic E-state index is 0.104. The van der Waals surface area contributed by atoms with Crippen molar-refractivity contribution in [2.75, 3.05) is 26.0 Å². The Morgan fingerprint density at radius 3 is 2.59 bits per heavy atom. The number of nitrogens with zero attached hydrogens (tertiary/aromatic N) is 4. The van der Waals surface area contributed by atoms with Crippen molar-refractivity contribution in [3.05, 3.63) is 105 Å². The second-order valence-corrected chi connectivity index (χ2v) is 10.6. The van der Waals surface area contributed by atoms with E-state index < -0.39 is 0 Å². The molecule has 0 radical (unpaired) electrons. The van der Waals surface area contributed by atoms with Gasteiger partial charge in [0.2, 0.25) is 0 Å². The van der Waals surface area contributed by atoms with Crippen LogP contribution in [0.4, 0.5) is 11.4 Å². The summed E-state index contributed by atoms with van der Waals surface area (Å²) < 4.78 is 5.58. The predicted molar refractivity (Wildman–Crippen MR) is 160 cm³/mol. The molecule has 5 rings (SSSR count). The first-order chi connectivity index (χ1) is 19.0. The van der Waals surface area contributed by atoms with Gasteiger partial charge in [-0.1, -0.05) is 54.2 Å². The Hall–Kier alpha value is -4.13. The lowest BCUT2D eigenvalue weighted by atomic mass is 10.1. The van der Waals surface area contributed by atoms with E-state index >= 15 is 0 Å². The van der Waals surface area contributed by atoms with Crippen LogP contribution in [0.2, 0.25) is 0 Å². The van der Waals surface area contributed by atoms with Crippen molar-refractivity contribution in [2.24, 2.45) is 4.99 Å². The molecule has 2 heterocycles. The van der Waals surface area contributed by atoms with Crippen LogP contribution >= 0.6 is 23.5 Å². The number of carbonyl (C=O) groups excluding carboxylic acids is 1. The molecule has 0 aromatic heterocycles. The Bertz CT molecular complexity index is 1540. The Balaban J connectivity index is 1.56. The summed E-state index contributed by atoms with van der Waals surface area (Å²) >= 11 is 2.87. The zero-order chi connectivity index (χ0) is 27.4.